The van der Waals surface area contributed by atoms with Crippen molar-refractivity contribution in [2.45, 2.75) is 13.0 Å². The average molecular weight is 379 g/mol. The summed E-state index contributed by atoms with van der Waals surface area (Å²) in [4.78, 5) is 24.7. The van der Waals surface area contributed by atoms with E-state index in [9.17, 15) is 9.90 Å². The molecule has 0 aliphatic carbocycles. The SMILES string of the molecule is COC(=O)c1ccc(Nc2cc(-c3cccnc3)nc(N[C@@H](C)CO)n2)cc1. The van der Waals surface area contributed by atoms with Crippen LogP contribution in [-0.2, 0) is 4.74 Å². The van der Waals surface area contributed by atoms with Crippen molar-refractivity contribution in [1.82, 2.24) is 15.0 Å². The molecule has 0 aliphatic rings. The second-order valence-electron chi connectivity index (χ2n) is 6.13. The van der Waals surface area contributed by atoms with Crippen LogP contribution in [0.15, 0.2) is 54.9 Å². The molecule has 0 bridgehead atoms. The van der Waals surface area contributed by atoms with Gasteiger partial charge in [-0.25, -0.2) is 9.78 Å². The molecule has 0 saturated carbocycles. The van der Waals surface area contributed by atoms with Gasteiger partial charge in [0.15, 0.2) is 0 Å². The first-order valence-electron chi connectivity index (χ1n) is 8.71. The van der Waals surface area contributed by atoms with Gasteiger partial charge in [-0.15, -0.1) is 0 Å². The van der Waals surface area contributed by atoms with Gasteiger partial charge in [0.25, 0.3) is 0 Å². The van der Waals surface area contributed by atoms with Crippen molar-refractivity contribution in [1.29, 1.82) is 0 Å². The number of nitrogens with one attached hydrogen (secondary N) is 2. The molecule has 0 fully saturated rings. The second-order valence-corrected chi connectivity index (χ2v) is 6.13. The number of benzene rings is 1. The van der Waals surface area contributed by atoms with Gasteiger partial charge in [-0.3, -0.25) is 4.98 Å². The van der Waals surface area contributed by atoms with Gasteiger partial charge in [0.05, 0.1) is 25.0 Å². The van der Waals surface area contributed by atoms with Crippen molar-refractivity contribution >= 4 is 23.4 Å². The van der Waals surface area contributed by atoms with Gasteiger partial charge in [-0.1, -0.05) is 0 Å². The molecule has 3 aromatic rings. The summed E-state index contributed by atoms with van der Waals surface area (Å²) in [6.45, 7) is 1.79. The summed E-state index contributed by atoms with van der Waals surface area (Å²) in [5.41, 5.74) is 2.74. The van der Waals surface area contributed by atoms with Gasteiger partial charge in [-0.05, 0) is 43.3 Å². The fraction of sp³-hybridized carbons (Fsp3) is 0.200. The summed E-state index contributed by atoms with van der Waals surface area (Å²) in [5, 5.41) is 15.6. The molecule has 2 heterocycles. The molecule has 28 heavy (non-hydrogen) atoms. The highest BCUT2D eigenvalue weighted by Gasteiger charge is 2.10. The number of aliphatic hydroxyl groups is 1. The minimum atomic E-state index is -0.392. The zero-order chi connectivity index (χ0) is 19.9. The lowest BCUT2D eigenvalue weighted by molar-refractivity contribution is 0.0601. The molecule has 8 heteroatoms. The van der Waals surface area contributed by atoms with Gasteiger partial charge in [0.1, 0.15) is 5.82 Å². The number of hydrogen-bond donors (Lipinski definition) is 3. The summed E-state index contributed by atoms with van der Waals surface area (Å²) in [5.74, 6) is 0.556. The van der Waals surface area contributed by atoms with E-state index >= 15 is 0 Å². The molecule has 8 nitrogen and oxygen atoms in total. The fourth-order valence-corrected chi connectivity index (χ4v) is 2.46. The Bertz CT molecular complexity index is 932. The third-order valence-corrected chi connectivity index (χ3v) is 3.91. The van der Waals surface area contributed by atoms with E-state index in [4.69, 9.17) is 4.74 Å². The monoisotopic (exact) mass is 379 g/mol. The summed E-state index contributed by atoms with van der Waals surface area (Å²) in [6, 6.07) is 12.2. The minimum Gasteiger partial charge on any atom is -0.465 e. The lowest BCUT2D eigenvalue weighted by atomic mass is 10.2. The largest absolute Gasteiger partial charge is 0.465 e. The van der Waals surface area contributed by atoms with Crippen molar-refractivity contribution in [3.05, 3.63) is 60.4 Å². The fourth-order valence-electron chi connectivity index (χ4n) is 2.46. The number of hydrogen-bond acceptors (Lipinski definition) is 8. The molecule has 0 aliphatic heterocycles. The van der Waals surface area contributed by atoms with Crippen LogP contribution in [0.4, 0.5) is 17.5 Å². The van der Waals surface area contributed by atoms with E-state index < -0.39 is 5.97 Å². The third-order valence-electron chi connectivity index (χ3n) is 3.91. The van der Waals surface area contributed by atoms with E-state index in [1.54, 1.807) is 42.7 Å². The van der Waals surface area contributed by atoms with Crippen molar-refractivity contribution < 1.29 is 14.6 Å². The van der Waals surface area contributed by atoms with Crippen LogP contribution in [0.5, 0.6) is 0 Å². The van der Waals surface area contributed by atoms with Gasteiger partial charge >= 0.3 is 5.97 Å². The number of pyridine rings is 1. The van der Waals surface area contributed by atoms with Crippen molar-refractivity contribution in [2.75, 3.05) is 24.4 Å². The van der Waals surface area contributed by atoms with Gasteiger partial charge < -0.3 is 20.5 Å². The molecule has 1 aromatic carbocycles. The number of aromatic nitrogens is 3. The zero-order valence-electron chi connectivity index (χ0n) is 15.6. The van der Waals surface area contributed by atoms with Crippen LogP contribution < -0.4 is 10.6 Å². The number of ether oxygens (including phenoxy) is 1. The first-order chi connectivity index (χ1) is 13.6. The van der Waals surface area contributed by atoms with Crippen LogP contribution in [0.1, 0.15) is 17.3 Å². The topological polar surface area (TPSA) is 109 Å². The number of carbonyl (C=O) groups excluding carboxylic acids is 1. The van der Waals surface area contributed by atoms with E-state index in [0.717, 1.165) is 11.3 Å². The Kier molecular flexibility index (Phi) is 6.13. The first kappa shape index (κ1) is 19.2. The molecule has 2 aromatic heterocycles. The van der Waals surface area contributed by atoms with Crippen LogP contribution >= 0.6 is 0 Å². The number of anilines is 3. The minimum absolute atomic E-state index is 0.0434. The number of nitrogens with zero attached hydrogens (tertiary/aromatic N) is 3. The van der Waals surface area contributed by atoms with E-state index in [1.807, 2.05) is 19.1 Å². The molecule has 3 rings (SSSR count). The Hall–Kier alpha value is -3.52. The number of aliphatic hydroxyl groups excluding tert-OH is 1. The normalized spacial score (nSPS) is 11.5. The van der Waals surface area contributed by atoms with Crippen molar-refractivity contribution in [3.63, 3.8) is 0 Å². The van der Waals surface area contributed by atoms with Gasteiger partial charge in [0.2, 0.25) is 5.95 Å². The highest BCUT2D eigenvalue weighted by molar-refractivity contribution is 5.89. The first-order valence-corrected chi connectivity index (χ1v) is 8.71. The van der Waals surface area contributed by atoms with E-state index in [0.29, 0.717) is 23.0 Å². The number of methoxy groups -OCH3 is 1. The second kappa shape index (κ2) is 8.92. The molecule has 0 spiro atoms. The third kappa shape index (κ3) is 4.80. The lowest BCUT2D eigenvalue weighted by Gasteiger charge is -2.14. The number of carbonyl (C=O) groups is 1. The maximum Gasteiger partial charge on any atom is 0.337 e. The summed E-state index contributed by atoms with van der Waals surface area (Å²) in [6.07, 6.45) is 3.41. The summed E-state index contributed by atoms with van der Waals surface area (Å²) in [7, 11) is 1.34. The van der Waals surface area contributed by atoms with Crippen LogP contribution in [0.25, 0.3) is 11.3 Å². The van der Waals surface area contributed by atoms with Crippen LogP contribution in [0.3, 0.4) is 0 Å². The number of rotatable bonds is 7. The Balaban J connectivity index is 1.90. The quantitative estimate of drug-likeness (QED) is 0.538. The standard InChI is InChI=1S/C20H21N5O3/c1-13(12-26)22-20-24-17(15-4-3-9-21-11-15)10-18(25-20)23-16-7-5-14(6-8-16)19(27)28-2/h3-11,13,26H,12H2,1-2H3,(H2,22,23,24,25)/t13-/m0/s1. The highest BCUT2D eigenvalue weighted by atomic mass is 16.5. The van der Waals surface area contributed by atoms with Gasteiger partial charge in [0, 0.05) is 35.8 Å². The molecule has 3 N–H and O–H groups in total. The van der Waals surface area contributed by atoms with E-state index in [2.05, 4.69) is 25.6 Å². The van der Waals surface area contributed by atoms with Crippen LogP contribution in [0.2, 0.25) is 0 Å². The van der Waals surface area contributed by atoms with Crippen LogP contribution in [0, 0.1) is 0 Å². The van der Waals surface area contributed by atoms with Crippen molar-refractivity contribution in [2.24, 2.45) is 0 Å². The predicted octanol–water partition coefficient (Wildman–Crippen LogP) is 2.86. The highest BCUT2D eigenvalue weighted by Crippen LogP contribution is 2.23. The Morgan fingerprint density at radius 3 is 2.64 bits per heavy atom. The predicted molar refractivity (Wildman–Crippen MR) is 106 cm³/mol. The van der Waals surface area contributed by atoms with Crippen LogP contribution in [-0.4, -0.2) is 45.8 Å². The molecule has 0 saturated heterocycles. The average Bonchev–Trinajstić information content (AvgIpc) is 2.74. The molecule has 144 valence electrons. The molecular weight excluding hydrogens is 358 g/mol. The zero-order valence-corrected chi connectivity index (χ0v) is 15.6. The molecule has 0 unspecified atom stereocenters. The van der Waals surface area contributed by atoms with E-state index in [1.165, 1.54) is 7.11 Å². The Labute approximate surface area is 162 Å². The summed E-state index contributed by atoms with van der Waals surface area (Å²) >= 11 is 0. The smallest absolute Gasteiger partial charge is 0.337 e. The Morgan fingerprint density at radius 1 is 1.21 bits per heavy atom. The molecule has 1 atom stereocenters. The molecule has 0 amide bonds. The number of esters is 1. The molecule has 0 radical (unpaired) electrons. The summed E-state index contributed by atoms with van der Waals surface area (Å²) < 4.78 is 4.71. The Morgan fingerprint density at radius 2 is 2.00 bits per heavy atom. The maximum absolute atomic E-state index is 11.6. The molecular formula is C20H21N5O3. The van der Waals surface area contributed by atoms with Gasteiger partial charge in [-0.2, -0.15) is 4.98 Å². The lowest BCUT2D eigenvalue weighted by Crippen LogP contribution is -2.21. The maximum atomic E-state index is 11.6. The van der Waals surface area contributed by atoms with Crippen molar-refractivity contribution in [3.8, 4) is 11.3 Å². The van der Waals surface area contributed by atoms with E-state index in [-0.39, 0.29) is 12.6 Å².